The zero-order valence-corrected chi connectivity index (χ0v) is 22.8. The molecule has 0 aliphatic carbocycles. The predicted octanol–water partition coefficient (Wildman–Crippen LogP) is 4.99. The lowest BCUT2D eigenvalue weighted by molar-refractivity contribution is -0.140. The van der Waals surface area contributed by atoms with Gasteiger partial charge in [-0.15, -0.1) is 0 Å². The Kier molecular flexibility index (Phi) is 8.58. The number of benzene rings is 1. The Bertz CT molecular complexity index is 1380. The number of thiazole rings is 1. The standard InChI is InChI=1S/C25H29F3N4O4S2/c1-14-30-21-20(19(12-26)36-3)18(13-29-24(21)37-14)31-17-6-4-15(5-7-17)22(23(27)28)32(2)25(33)16-8-10-38(34,35)11-9-16/h4-7,13,16,19,22-23,31H,8-12H2,1-3H3/t19-,22-/m0/s1. The highest BCUT2D eigenvalue weighted by Crippen LogP contribution is 2.36. The number of anilines is 2. The highest BCUT2D eigenvalue weighted by molar-refractivity contribution is 7.91. The number of fused-ring (bicyclic) bond motifs is 1. The normalized spacial score (nSPS) is 17.4. The molecule has 0 radical (unpaired) electrons. The van der Waals surface area contributed by atoms with Gasteiger partial charge in [-0.25, -0.2) is 31.6 Å². The van der Waals surface area contributed by atoms with Crippen LogP contribution in [0.4, 0.5) is 24.5 Å². The molecule has 1 saturated heterocycles. The molecule has 1 amide bonds. The van der Waals surface area contributed by atoms with Gasteiger partial charge in [-0.1, -0.05) is 23.5 Å². The maximum absolute atomic E-state index is 14.1. The van der Waals surface area contributed by atoms with E-state index in [0.29, 0.717) is 27.3 Å². The summed E-state index contributed by atoms with van der Waals surface area (Å²) in [4.78, 5) is 23.5. The lowest BCUT2D eigenvalue weighted by atomic mass is 9.98. The summed E-state index contributed by atoms with van der Waals surface area (Å²) in [5.41, 5.74) is 2.29. The Hall–Kier alpha value is -2.77. The van der Waals surface area contributed by atoms with E-state index in [0.717, 1.165) is 9.91 Å². The zero-order chi connectivity index (χ0) is 27.6. The predicted molar refractivity (Wildman–Crippen MR) is 140 cm³/mol. The lowest BCUT2D eigenvalue weighted by Crippen LogP contribution is -2.41. The van der Waals surface area contributed by atoms with E-state index in [-0.39, 0.29) is 29.9 Å². The molecular weight excluding hydrogens is 541 g/mol. The van der Waals surface area contributed by atoms with Gasteiger partial charge in [0.1, 0.15) is 39.0 Å². The van der Waals surface area contributed by atoms with Crippen LogP contribution in [-0.4, -0.2) is 68.0 Å². The summed E-state index contributed by atoms with van der Waals surface area (Å²) >= 11 is 1.38. The van der Waals surface area contributed by atoms with Crippen molar-refractivity contribution in [1.82, 2.24) is 14.9 Å². The minimum absolute atomic E-state index is 0.119. The van der Waals surface area contributed by atoms with Crippen molar-refractivity contribution in [2.24, 2.45) is 5.92 Å². The van der Waals surface area contributed by atoms with Crippen LogP contribution in [0.1, 0.15) is 41.1 Å². The first-order valence-electron chi connectivity index (χ1n) is 12.0. The number of nitrogens with one attached hydrogen (secondary N) is 1. The van der Waals surface area contributed by atoms with Crippen molar-refractivity contribution in [3.8, 4) is 0 Å². The first kappa shape index (κ1) is 28.2. The molecule has 0 saturated carbocycles. The van der Waals surface area contributed by atoms with Gasteiger partial charge in [0.05, 0.1) is 28.4 Å². The molecule has 3 aromatic rings. The van der Waals surface area contributed by atoms with Crippen LogP contribution in [0, 0.1) is 12.8 Å². The molecule has 0 spiro atoms. The number of aromatic nitrogens is 2. The zero-order valence-electron chi connectivity index (χ0n) is 21.2. The van der Waals surface area contributed by atoms with Crippen molar-refractivity contribution in [2.45, 2.75) is 38.3 Å². The van der Waals surface area contributed by atoms with Crippen LogP contribution < -0.4 is 5.32 Å². The van der Waals surface area contributed by atoms with Gasteiger partial charge in [0.25, 0.3) is 6.43 Å². The number of hydrogen-bond acceptors (Lipinski definition) is 8. The molecule has 4 rings (SSSR count). The van der Waals surface area contributed by atoms with E-state index in [4.69, 9.17) is 4.74 Å². The van der Waals surface area contributed by atoms with Gasteiger partial charge >= 0.3 is 0 Å². The number of carbonyl (C=O) groups excluding carboxylic acids is 1. The van der Waals surface area contributed by atoms with Gasteiger partial charge in [0.2, 0.25) is 5.91 Å². The van der Waals surface area contributed by atoms with Crippen LogP contribution in [-0.2, 0) is 19.4 Å². The number of sulfone groups is 1. The number of alkyl halides is 3. The molecule has 13 heteroatoms. The van der Waals surface area contributed by atoms with Gasteiger partial charge in [-0.05, 0) is 37.5 Å². The van der Waals surface area contributed by atoms with E-state index < -0.39 is 46.9 Å². The molecule has 1 fully saturated rings. The second-order valence-electron chi connectivity index (χ2n) is 9.25. The largest absolute Gasteiger partial charge is 0.374 e. The second kappa shape index (κ2) is 11.5. The van der Waals surface area contributed by atoms with E-state index in [1.165, 1.54) is 37.6 Å². The van der Waals surface area contributed by atoms with Gasteiger partial charge in [-0.3, -0.25) is 4.79 Å². The number of carbonyl (C=O) groups is 1. The minimum Gasteiger partial charge on any atom is -0.374 e. The van der Waals surface area contributed by atoms with E-state index >= 15 is 0 Å². The van der Waals surface area contributed by atoms with Gasteiger partial charge in [0.15, 0.2) is 0 Å². The van der Waals surface area contributed by atoms with E-state index in [1.54, 1.807) is 18.3 Å². The van der Waals surface area contributed by atoms with Gasteiger partial charge in [-0.2, -0.15) is 0 Å². The van der Waals surface area contributed by atoms with Crippen LogP contribution >= 0.6 is 11.3 Å². The number of pyridine rings is 1. The van der Waals surface area contributed by atoms with Crippen molar-refractivity contribution < 1.29 is 31.1 Å². The highest BCUT2D eigenvalue weighted by atomic mass is 32.2. The van der Waals surface area contributed by atoms with E-state index in [9.17, 15) is 26.4 Å². The smallest absolute Gasteiger partial charge is 0.262 e. The molecule has 0 unspecified atom stereocenters. The molecule has 2 atom stereocenters. The van der Waals surface area contributed by atoms with Gasteiger partial charge < -0.3 is 15.0 Å². The molecule has 1 aliphatic heterocycles. The fourth-order valence-corrected chi connectivity index (χ4v) is 6.97. The third-order valence-corrected chi connectivity index (χ3v) is 9.35. The molecule has 38 heavy (non-hydrogen) atoms. The Morgan fingerprint density at radius 1 is 1.24 bits per heavy atom. The monoisotopic (exact) mass is 570 g/mol. The summed E-state index contributed by atoms with van der Waals surface area (Å²) in [6.45, 7) is 1.06. The number of nitrogens with zero attached hydrogens (tertiary/aromatic N) is 3. The summed E-state index contributed by atoms with van der Waals surface area (Å²) in [5, 5.41) is 3.93. The second-order valence-corrected chi connectivity index (χ2v) is 12.7. The molecule has 3 heterocycles. The fraction of sp³-hybridized carbons (Fsp3) is 0.480. The summed E-state index contributed by atoms with van der Waals surface area (Å²) < 4.78 is 70.8. The summed E-state index contributed by atoms with van der Waals surface area (Å²) in [6.07, 6.45) is -1.91. The Morgan fingerprint density at radius 2 is 1.89 bits per heavy atom. The SMILES string of the molecule is CO[C@@H](CF)c1c(Nc2ccc([C@@H](C(F)F)N(C)C(=O)C3CCS(=O)(=O)CC3)cc2)cnc2sc(C)nc12. The van der Waals surface area contributed by atoms with Crippen molar-refractivity contribution >= 4 is 48.8 Å². The van der Waals surface area contributed by atoms with Crippen LogP contribution in [0.15, 0.2) is 30.5 Å². The van der Waals surface area contributed by atoms with Crippen LogP contribution in [0.5, 0.6) is 0 Å². The van der Waals surface area contributed by atoms with Crippen molar-refractivity contribution in [3.63, 3.8) is 0 Å². The number of amides is 1. The summed E-state index contributed by atoms with van der Waals surface area (Å²) in [7, 11) is -0.455. The minimum atomic E-state index is -3.18. The number of ether oxygens (including phenoxy) is 1. The van der Waals surface area contributed by atoms with Crippen LogP contribution in [0.3, 0.4) is 0 Å². The van der Waals surface area contributed by atoms with Crippen molar-refractivity contribution in [2.75, 3.05) is 37.7 Å². The average molecular weight is 571 g/mol. The number of methoxy groups -OCH3 is 1. The molecule has 8 nitrogen and oxygen atoms in total. The molecule has 2 aromatic heterocycles. The first-order chi connectivity index (χ1) is 18.0. The molecule has 1 aliphatic rings. The first-order valence-corrected chi connectivity index (χ1v) is 14.7. The summed E-state index contributed by atoms with van der Waals surface area (Å²) in [5.74, 6) is -1.34. The summed E-state index contributed by atoms with van der Waals surface area (Å²) in [6, 6.07) is 4.68. The number of rotatable bonds is 9. The van der Waals surface area contributed by atoms with Crippen molar-refractivity contribution in [1.29, 1.82) is 0 Å². The average Bonchev–Trinajstić information content (AvgIpc) is 3.26. The van der Waals surface area contributed by atoms with E-state index in [2.05, 4.69) is 15.3 Å². The molecule has 1 N–H and O–H groups in total. The number of hydrogen-bond donors (Lipinski definition) is 1. The fourth-order valence-electron chi connectivity index (χ4n) is 4.70. The topological polar surface area (TPSA) is 101 Å². The molecular formula is C25H29F3N4O4S2. The lowest BCUT2D eigenvalue weighted by Gasteiger charge is -2.32. The van der Waals surface area contributed by atoms with Gasteiger partial charge in [0, 0.05) is 31.3 Å². The van der Waals surface area contributed by atoms with Crippen LogP contribution in [0.25, 0.3) is 10.3 Å². The molecule has 206 valence electrons. The Labute approximate surface area is 223 Å². The Balaban J connectivity index is 1.57. The highest BCUT2D eigenvalue weighted by Gasteiger charge is 2.36. The quantitative estimate of drug-likeness (QED) is 0.387. The van der Waals surface area contributed by atoms with Crippen molar-refractivity contribution in [3.05, 3.63) is 46.6 Å². The van der Waals surface area contributed by atoms with E-state index in [1.807, 2.05) is 6.92 Å². The number of halogens is 3. The maximum Gasteiger partial charge on any atom is 0.262 e. The third-order valence-electron chi connectivity index (χ3n) is 6.76. The third kappa shape index (κ3) is 5.94. The molecule has 0 bridgehead atoms. The maximum atomic E-state index is 14.1. The molecule has 1 aromatic carbocycles. The van der Waals surface area contributed by atoms with Crippen LogP contribution in [0.2, 0.25) is 0 Å². The Morgan fingerprint density at radius 3 is 2.47 bits per heavy atom. The number of aryl methyl sites for hydroxylation is 1.